The van der Waals surface area contributed by atoms with Gasteiger partial charge in [0, 0.05) is 56.4 Å². The molecule has 1 fully saturated rings. The molecule has 2 aliphatic rings. The SMILES string of the molecule is COc1cc(N2CCN(C(=O)OC(C)(C)C)CC2)ccc1Nc1ncc(C(F)(F)F)c(NCc2cccc3c2C(C)(C)C(=O)N3)n1. The van der Waals surface area contributed by atoms with Crippen LogP contribution in [0, 0.1) is 0 Å². The highest BCUT2D eigenvalue weighted by atomic mass is 19.4. The summed E-state index contributed by atoms with van der Waals surface area (Å²) in [5, 5.41) is 8.63. The van der Waals surface area contributed by atoms with Gasteiger partial charge < -0.3 is 35.2 Å². The Morgan fingerprint density at radius 2 is 1.80 bits per heavy atom. The Kier molecular flexibility index (Phi) is 8.67. The summed E-state index contributed by atoms with van der Waals surface area (Å²) < 4.78 is 52.9. The quantitative estimate of drug-likeness (QED) is 0.279. The lowest BCUT2D eigenvalue weighted by Crippen LogP contribution is -2.50. The van der Waals surface area contributed by atoms with Gasteiger partial charge in [0.05, 0.1) is 18.2 Å². The summed E-state index contributed by atoms with van der Waals surface area (Å²) in [5.74, 6) is -0.217. The standard InChI is InChI=1S/C32H38F3N7O4/c1-30(2,3)46-29(44)42-14-12-41(13-15-42)20-10-11-22(24(16-20)45-6)39-28-37-18-21(32(33,34)35)26(40-28)36-17-19-8-7-9-23-25(19)31(4,5)27(43)38-23/h7-11,16,18H,12-15,17H2,1-6H3,(H,38,43)(H2,36,37,39,40). The normalized spacial score (nSPS) is 16.1. The van der Waals surface area contributed by atoms with E-state index >= 15 is 0 Å². The number of ether oxygens (including phenoxy) is 2. The van der Waals surface area contributed by atoms with Crippen LogP contribution in [-0.4, -0.2) is 65.8 Å². The summed E-state index contributed by atoms with van der Waals surface area (Å²) in [6.07, 6.45) is -4.32. The molecule has 2 amide bonds. The minimum Gasteiger partial charge on any atom is -0.494 e. The maximum absolute atomic E-state index is 14.0. The fraction of sp³-hybridized carbons (Fsp3) is 0.438. The summed E-state index contributed by atoms with van der Waals surface area (Å²) >= 11 is 0. The van der Waals surface area contributed by atoms with Crippen LogP contribution in [0.4, 0.5) is 46.8 Å². The molecule has 3 N–H and O–H groups in total. The molecule has 2 aromatic carbocycles. The molecule has 46 heavy (non-hydrogen) atoms. The van der Waals surface area contributed by atoms with Crippen molar-refractivity contribution in [3.05, 3.63) is 59.3 Å². The second kappa shape index (κ2) is 12.2. The fourth-order valence-electron chi connectivity index (χ4n) is 5.52. The number of anilines is 5. The van der Waals surface area contributed by atoms with Gasteiger partial charge >= 0.3 is 12.3 Å². The van der Waals surface area contributed by atoms with Crippen LogP contribution >= 0.6 is 0 Å². The zero-order chi connectivity index (χ0) is 33.4. The third-order valence-corrected chi connectivity index (χ3v) is 7.86. The monoisotopic (exact) mass is 641 g/mol. The van der Waals surface area contributed by atoms with Gasteiger partial charge in [-0.2, -0.15) is 18.2 Å². The van der Waals surface area contributed by atoms with Crippen LogP contribution < -0.4 is 25.6 Å². The van der Waals surface area contributed by atoms with Crippen molar-refractivity contribution in [2.24, 2.45) is 0 Å². The average Bonchev–Trinajstić information content (AvgIpc) is 3.22. The van der Waals surface area contributed by atoms with E-state index in [1.54, 1.807) is 43.0 Å². The number of nitrogens with one attached hydrogen (secondary N) is 3. The predicted molar refractivity (Wildman–Crippen MR) is 169 cm³/mol. The molecule has 3 heterocycles. The number of amides is 2. The number of benzene rings is 2. The summed E-state index contributed by atoms with van der Waals surface area (Å²) in [7, 11) is 1.49. The number of piperazine rings is 1. The lowest BCUT2D eigenvalue weighted by atomic mass is 9.83. The van der Waals surface area contributed by atoms with Gasteiger partial charge in [-0.25, -0.2) is 9.78 Å². The van der Waals surface area contributed by atoms with Crippen molar-refractivity contribution >= 4 is 40.8 Å². The number of aromatic nitrogens is 2. The number of carbonyl (C=O) groups is 2. The van der Waals surface area contributed by atoms with Crippen LogP contribution in [0.1, 0.15) is 51.3 Å². The molecule has 0 radical (unpaired) electrons. The number of hydrogen-bond acceptors (Lipinski definition) is 9. The van der Waals surface area contributed by atoms with Crippen LogP contribution in [-0.2, 0) is 27.7 Å². The molecule has 0 bridgehead atoms. The lowest BCUT2D eigenvalue weighted by Gasteiger charge is -2.37. The van der Waals surface area contributed by atoms with Gasteiger partial charge in [-0.05, 0) is 63.9 Å². The van der Waals surface area contributed by atoms with Crippen LogP contribution in [0.3, 0.4) is 0 Å². The molecular weight excluding hydrogens is 603 g/mol. The van der Waals surface area contributed by atoms with Crippen LogP contribution in [0.2, 0.25) is 0 Å². The summed E-state index contributed by atoms with van der Waals surface area (Å²) in [6.45, 7) is 11.2. The first-order valence-electron chi connectivity index (χ1n) is 14.9. The summed E-state index contributed by atoms with van der Waals surface area (Å²) in [4.78, 5) is 36.8. The van der Waals surface area contributed by atoms with Crippen molar-refractivity contribution in [2.75, 3.05) is 54.1 Å². The Balaban J connectivity index is 1.32. The van der Waals surface area contributed by atoms with Crippen LogP contribution in [0.15, 0.2) is 42.6 Å². The number of rotatable bonds is 7. The Morgan fingerprint density at radius 3 is 2.46 bits per heavy atom. The Bertz CT molecular complexity index is 1630. The second-order valence-corrected chi connectivity index (χ2v) is 12.7. The third-order valence-electron chi connectivity index (χ3n) is 7.86. The van der Waals surface area contributed by atoms with E-state index < -0.39 is 28.6 Å². The van der Waals surface area contributed by atoms with Gasteiger partial charge in [-0.3, -0.25) is 4.79 Å². The van der Waals surface area contributed by atoms with E-state index in [0.717, 1.165) is 17.4 Å². The first kappa shape index (κ1) is 32.6. The first-order chi connectivity index (χ1) is 21.6. The van der Waals surface area contributed by atoms with Crippen molar-refractivity contribution in [1.82, 2.24) is 14.9 Å². The van der Waals surface area contributed by atoms with E-state index in [9.17, 15) is 22.8 Å². The molecule has 0 saturated carbocycles. The van der Waals surface area contributed by atoms with Gasteiger partial charge in [0.25, 0.3) is 0 Å². The van der Waals surface area contributed by atoms with E-state index in [1.807, 2.05) is 32.9 Å². The zero-order valence-electron chi connectivity index (χ0n) is 26.6. The highest BCUT2D eigenvalue weighted by Gasteiger charge is 2.40. The van der Waals surface area contributed by atoms with Gasteiger partial charge in [0.2, 0.25) is 11.9 Å². The number of nitrogens with zero attached hydrogens (tertiary/aromatic N) is 4. The van der Waals surface area contributed by atoms with E-state index in [-0.39, 0.29) is 24.5 Å². The van der Waals surface area contributed by atoms with Crippen molar-refractivity contribution < 1.29 is 32.2 Å². The molecule has 0 atom stereocenters. The minimum atomic E-state index is -4.71. The number of fused-ring (bicyclic) bond motifs is 1. The highest BCUT2D eigenvalue weighted by molar-refractivity contribution is 6.06. The molecule has 1 saturated heterocycles. The first-order valence-corrected chi connectivity index (χ1v) is 14.9. The molecule has 1 aromatic heterocycles. The molecule has 0 unspecified atom stereocenters. The number of halogens is 3. The summed E-state index contributed by atoms with van der Waals surface area (Å²) in [5.41, 5.74) is 0.910. The van der Waals surface area contributed by atoms with Crippen molar-refractivity contribution in [3.8, 4) is 5.75 Å². The molecule has 0 aliphatic carbocycles. The number of carbonyl (C=O) groups excluding carboxylic acids is 2. The molecule has 0 spiro atoms. The third kappa shape index (κ3) is 6.90. The average molecular weight is 642 g/mol. The molecule has 14 heteroatoms. The van der Waals surface area contributed by atoms with Crippen LogP contribution in [0.5, 0.6) is 5.75 Å². The zero-order valence-corrected chi connectivity index (χ0v) is 26.6. The summed E-state index contributed by atoms with van der Waals surface area (Å²) in [6, 6.07) is 10.7. The Hall–Kier alpha value is -4.75. The predicted octanol–water partition coefficient (Wildman–Crippen LogP) is 6.15. The molecule has 11 nitrogen and oxygen atoms in total. The van der Waals surface area contributed by atoms with Crippen molar-refractivity contribution in [3.63, 3.8) is 0 Å². The molecule has 3 aromatic rings. The number of hydrogen-bond donors (Lipinski definition) is 3. The second-order valence-electron chi connectivity index (χ2n) is 12.7. The Labute approximate surface area is 265 Å². The molecule has 5 rings (SSSR count). The van der Waals surface area contributed by atoms with E-state index in [1.165, 1.54) is 7.11 Å². The smallest absolute Gasteiger partial charge is 0.421 e. The van der Waals surface area contributed by atoms with Gasteiger partial charge in [-0.1, -0.05) is 12.1 Å². The van der Waals surface area contributed by atoms with Gasteiger partial charge in [0.1, 0.15) is 22.7 Å². The molecule has 246 valence electrons. The maximum Gasteiger partial charge on any atom is 0.421 e. The minimum absolute atomic E-state index is 0.000303. The highest BCUT2D eigenvalue weighted by Crippen LogP contribution is 2.41. The van der Waals surface area contributed by atoms with Crippen LogP contribution in [0.25, 0.3) is 0 Å². The van der Waals surface area contributed by atoms with Crippen molar-refractivity contribution in [2.45, 2.75) is 58.4 Å². The van der Waals surface area contributed by atoms with E-state index in [4.69, 9.17) is 9.47 Å². The largest absolute Gasteiger partial charge is 0.494 e. The van der Waals surface area contributed by atoms with E-state index in [2.05, 4.69) is 30.8 Å². The Morgan fingerprint density at radius 1 is 1.09 bits per heavy atom. The molecule has 2 aliphatic heterocycles. The molecular formula is C32H38F3N7O4. The lowest BCUT2D eigenvalue weighted by molar-refractivity contribution is -0.137. The van der Waals surface area contributed by atoms with Gasteiger partial charge in [0.15, 0.2) is 0 Å². The van der Waals surface area contributed by atoms with Crippen molar-refractivity contribution in [1.29, 1.82) is 0 Å². The van der Waals surface area contributed by atoms with E-state index in [0.29, 0.717) is 48.9 Å². The van der Waals surface area contributed by atoms with Gasteiger partial charge in [-0.15, -0.1) is 0 Å². The topological polar surface area (TPSA) is 121 Å². The number of methoxy groups -OCH3 is 1. The fourth-order valence-corrected chi connectivity index (χ4v) is 5.52. The maximum atomic E-state index is 14.0. The number of alkyl halides is 3.